The highest BCUT2D eigenvalue weighted by molar-refractivity contribution is 5.97. The highest BCUT2D eigenvalue weighted by atomic mass is 16.4. The number of carboxylic acid groups (broad SMARTS) is 2. The number of carbonyl (C=O) groups excluding carboxylic acids is 6. The molecule has 19 nitrogen and oxygen atoms in total. The quantitative estimate of drug-likeness (QED) is 0.0629. The van der Waals surface area contributed by atoms with Gasteiger partial charge in [0.25, 0.3) is 0 Å². The Balaban J connectivity index is 2.82. The van der Waals surface area contributed by atoms with Gasteiger partial charge in [-0.1, -0.05) is 26.0 Å². The lowest BCUT2D eigenvalue weighted by molar-refractivity contribution is -0.142. The van der Waals surface area contributed by atoms with Crippen molar-refractivity contribution in [2.24, 2.45) is 17.4 Å². The van der Waals surface area contributed by atoms with Crippen LogP contribution >= 0.6 is 0 Å². The van der Waals surface area contributed by atoms with Gasteiger partial charge in [0.1, 0.15) is 29.9 Å². The second kappa shape index (κ2) is 19.3. The molecule has 0 spiro atoms. The molecule has 260 valence electrons. The van der Waals surface area contributed by atoms with Gasteiger partial charge >= 0.3 is 11.9 Å². The molecule has 0 aliphatic carbocycles. The van der Waals surface area contributed by atoms with E-state index in [0.717, 1.165) is 0 Å². The van der Waals surface area contributed by atoms with Crippen LogP contribution in [0.15, 0.2) is 24.3 Å². The number of amides is 6. The molecule has 47 heavy (non-hydrogen) atoms. The minimum Gasteiger partial charge on any atom is -0.508 e. The highest BCUT2D eigenvalue weighted by Gasteiger charge is 2.32. The second-order valence-electron chi connectivity index (χ2n) is 10.8. The van der Waals surface area contributed by atoms with Gasteiger partial charge in [-0.25, -0.2) is 4.79 Å². The Hall–Kier alpha value is -5.30. The number of carbonyl (C=O) groups is 8. The van der Waals surface area contributed by atoms with Crippen molar-refractivity contribution in [2.45, 2.75) is 69.7 Å². The van der Waals surface area contributed by atoms with Gasteiger partial charge in [0.15, 0.2) is 0 Å². The average molecular weight is 668 g/mol. The summed E-state index contributed by atoms with van der Waals surface area (Å²) in [5.41, 5.74) is 11.3. The van der Waals surface area contributed by atoms with E-state index in [1.54, 1.807) is 0 Å². The molecule has 0 saturated heterocycles. The summed E-state index contributed by atoms with van der Waals surface area (Å²) < 4.78 is 0. The van der Waals surface area contributed by atoms with E-state index in [0.29, 0.717) is 5.56 Å². The van der Waals surface area contributed by atoms with Gasteiger partial charge in [-0.15, -0.1) is 0 Å². The van der Waals surface area contributed by atoms with Gasteiger partial charge < -0.3 is 58.5 Å². The Labute approximate surface area is 268 Å². The molecule has 0 aliphatic heterocycles. The monoisotopic (exact) mass is 667 g/mol. The van der Waals surface area contributed by atoms with Crippen molar-refractivity contribution in [2.75, 3.05) is 13.2 Å². The van der Waals surface area contributed by atoms with Gasteiger partial charge in [-0.2, -0.15) is 0 Å². The van der Waals surface area contributed by atoms with Crippen molar-refractivity contribution in [3.63, 3.8) is 0 Å². The molecule has 0 aliphatic rings. The van der Waals surface area contributed by atoms with Gasteiger partial charge in [-0.3, -0.25) is 33.6 Å². The Bertz CT molecular complexity index is 1300. The van der Waals surface area contributed by atoms with Gasteiger partial charge in [-0.05, 0) is 30.0 Å². The zero-order chi connectivity index (χ0) is 35.8. The maximum Gasteiger partial charge on any atom is 0.326 e. The number of aliphatic carboxylic acids is 2. The van der Waals surface area contributed by atoms with Crippen LogP contribution in [0.4, 0.5) is 0 Å². The second-order valence-corrected chi connectivity index (χ2v) is 10.8. The van der Waals surface area contributed by atoms with Crippen LogP contribution in [0.5, 0.6) is 5.75 Å². The minimum atomic E-state index is -1.60. The van der Waals surface area contributed by atoms with E-state index in [1.807, 2.05) is 0 Å². The largest absolute Gasteiger partial charge is 0.508 e. The van der Waals surface area contributed by atoms with Crippen LogP contribution in [0.25, 0.3) is 0 Å². The maximum absolute atomic E-state index is 12.9. The fourth-order valence-electron chi connectivity index (χ4n) is 3.95. The molecule has 19 heteroatoms. The molecule has 1 rings (SSSR count). The number of rotatable bonds is 20. The summed E-state index contributed by atoms with van der Waals surface area (Å²) in [7, 11) is 0. The minimum absolute atomic E-state index is 0.0467. The molecule has 6 amide bonds. The van der Waals surface area contributed by atoms with Crippen LogP contribution in [0.3, 0.4) is 0 Å². The molecule has 1 aromatic carbocycles. The Kier molecular flexibility index (Phi) is 16.3. The first-order valence-corrected chi connectivity index (χ1v) is 14.3. The number of aliphatic hydroxyl groups is 1. The molecule has 0 radical (unpaired) electrons. The van der Waals surface area contributed by atoms with E-state index in [-0.39, 0.29) is 18.6 Å². The summed E-state index contributed by atoms with van der Waals surface area (Å²) >= 11 is 0. The first kappa shape index (κ1) is 39.7. The van der Waals surface area contributed by atoms with Crippen LogP contribution in [0.1, 0.15) is 38.7 Å². The molecule has 13 N–H and O–H groups in total. The summed E-state index contributed by atoms with van der Waals surface area (Å²) in [5, 5.41) is 48.5. The van der Waals surface area contributed by atoms with Crippen molar-refractivity contribution in [1.82, 2.24) is 26.6 Å². The average Bonchev–Trinajstić information content (AvgIpc) is 2.99. The Morgan fingerprint density at radius 3 is 1.87 bits per heavy atom. The zero-order valence-electron chi connectivity index (χ0n) is 25.7. The number of phenolic OH excluding ortho intramolecular Hbond substituents is 1. The number of aliphatic hydroxyl groups excluding tert-OH is 1. The lowest BCUT2D eigenvalue weighted by atomic mass is 10.0. The summed E-state index contributed by atoms with van der Waals surface area (Å²) in [5.74, 6) is -9.04. The number of phenols is 1. The predicted molar refractivity (Wildman–Crippen MR) is 161 cm³/mol. The van der Waals surface area contributed by atoms with E-state index in [4.69, 9.17) is 16.6 Å². The maximum atomic E-state index is 12.9. The number of nitrogens with one attached hydrogen (secondary N) is 5. The van der Waals surface area contributed by atoms with Crippen LogP contribution < -0.4 is 38.1 Å². The number of hydrogen-bond acceptors (Lipinski definition) is 11. The third-order valence-corrected chi connectivity index (χ3v) is 6.54. The number of hydrogen-bond donors (Lipinski definition) is 11. The van der Waals surface area contributed by atoms with E-state index in [1.165, 1.54) is 38.1 Å². The summed E-state index contributed by atoms with van der Waals surface area (Å²) in [6.45, 7) is 1.42. The van der Waals surface area contributed by atoms with E-state index in [2.05, 4.69) is 26.6 Å². The van der Waals surface area contributed by atoms with Crippen molar-refractivity contribution >= 4 is 47.4 Å². The first-order valence-electron chi connectivity index (χ1n) is 14.3. The molecule has 0 unspecified atom stereocenters. The predicted octanol–water partition coefficient (Wildman–Crippen LogP) is -4.21. The SMILES string of the molecule is CC(C)[C@H](NC(=O)[C@H](CC(N)=O)NC(=O)[C@@H](N)CCC(=O)O)C(=O)NCC(=O)N[C@@H](CO)C(=O)N[C@@H](Cc1ccc(O)cc1)C(=O)O. The lowest BCUT2D eigenvalue weighted by Gasteiger charge is -2.25. The van der Waals surface area contributed by atoms with Crippen molar-refractivity contribution in [3.8, 4) is 5.75 Å². The molecule has 0 saturated carbocycles. The van der Waals surface area contributed by atoms with Crippen LogP contribution in [-0.4, -0.2) is 111 Å². The first-order chi connectivity index (χ1) is 21.9. The van der Waals surface area contributed by atoms with E-state index in [9.17, 15) is 53.7 Å². The number of primary amides is 1. The number of carboxylic acids is 2. The van der Waals surface area contributed by atoms with Crippen LogP contribution in [0, 0.1) is 5.92 Å². The summed E-state index contributed by atoms with van der Waals surface area (Å²) in [6.07, 6.45) is -1.55. The normalized spacial score (nSPS) is 14.0. The number of aromatic hydroxyl groups is 1. The third kappa shape index (κ3) is 14.6. The van der Waals surface area contributed by atoms with E-state index < -0.39 is 110 Å². The number of benzene rings is 1. The van der Waals surface area contributed by atoms with Gasteiger partial charge in [0.05, 0.1) is 25.6 Å². The van der Waals surface area contributed by atoms with Crippen LogP contribution in [0.2, 0.25) is 0 Å². The van der Waals surface area contributed by atoms with Crippen molar-refractivity contribution in [1.29, 1.82) is 0 Å². The van der Waals surface area contributed by atoms with Gasteiger partial charge in [0, 0.05) is 12.8 Å². The molecule has 0 aromatic heterocycles. The lowest BCUT2D eigenvalue weighted by Crippen LogP contribution is -2.58. The molecule has 5 atom stereocenters. The molecular weight excluding hydrogens is 626 g/mol. The zero-order valence-corrected chi connectivity index (χ0v) is 25.7. The summed E-state index contributed by atoms with van der Waals surface area (Å²) in [4.78, 5) is 97.3. The highest BCUT2D eigenvalue weighted by Crippen LogP contribution is 2.12. The molecule has 1 aromatic rings. The van der Waals surface area contributed by atoms with Gasteiger partial charge in [0.2, 0.25) is 35.4 Å². The van der Waals surface area contributed by atoms with Crippen LogP contribution in [-0.2, 0) is 44.8 Å². The fraction of sp³-hybridized carbons (Fsp3) is 0.500. The smallest absolute Gasteiger partial charge is 0.326 e. The van der Waals surface area contributed by atoms with E-state index >= 15 is 0 Å². The topological polar surface area (TPSA) is 330 Å². The molecule has 0 heterocycles. The Morgan fingerprint density at radius 1 is 0.787 bits per heavy atom. The molecule has 0 bridgehead atoms. The third-order valence-electron chi connectivity index (χ3n) is 6.54. The number of nitrogens with two attached hydrogens (primary N) is 2. The summed E-state index contributed by atoms with van der Waals surface area (Å²) in [6, 6.07) is -1.68. The Morgan fingerprint density at radius 2 is 1.36 bits per heavy atom. The standard InChI is InChI=1S/C28H41N7O12/c1-13(2)23(35-25(43)17(10-20(30)38)33-24(42)16(29)7-8-22(40)41)27(45)31-11-21(39)32-19(12-36)26(44)34-18(28(46)47)9-14-3-5-15(37)6-4-14/h3-6,13,16-19,23,36-37H,7-12,29H2,1-2H3,(H2,30,38)(H,31,45)(H,32,39)(H,33,42)(H,34,44)(H,35,43)(H,40,41)(H,46,47)/t16-,17-,18-,19-,23-/m0/s1. The van der Waals surface area contributed by atoms with Crippen molar-refractivity contribution in [3.05, 3.63) is 29.8 Å². The fourth-order valence-corrected chi connectivity index (χ4v) is 3.95. The van der Waals surface area contributed by atoms with Crippen molar-refractivity contribution < 1.29 is 58.8 Å². The molecule has 0 fully saturated rings. The molecular formula is C28H41N7O12.